The highest BCUT2D eigenvalue weighted by atomic mass is 15.2. The summed E-state index contributed by atoms with van der Waals surface area (Å²) in [6, 6.07) is 0. The Morgan fingerprint density at radius 3 is 1.00 bits per heavy atom. The molecule has 0 atom stereocenters. The molecule has 0 fully saturated rings. The molecule has 10 heteroatoms. The maximum atomic E-state index is 6.70. The molecule has 0 rings (SSSR count). The van der Waals surface area contributed by atoms with Gasteiger partial charge in [0.2, 0.25) is 11.9 Å². The fraction of sp³-hybridized carbons (Fsp3) is 0.500. The lowest BCUT2D eigenvalue weighted by Gasteiger charge is -2.08. The molecular weight excluding hydrogens is 236 g/mol. The van der Waals surface area contributed by atoms with Crippen molar-refractivity contribution in [1.29, 1.82) is 10.8 Å². The van der Waals surface area contributed by atoms with E-state index in [2.05, 4.69) is 9.98 Å². The van der Waals surface area contributed by atoms with Crippen LogP contribution in [0.2, 0.25) is 0 Å². The van der Waals surface area contributed by atoms with Crippen LogP contribution in [-0.2, 0) is 0 Å². The fourth-order valence-electron chi connectivity index (χ4n) is 0.447. The van der Waals surface area contributed by atoms with Gasteiger partial charge in [0, 0.05) is 28.2 Å². The Morgan fingerprint density at radius 1 is 0.722 bits per heavy atom. The maximum Gasteiger partial charge on any atom is 0.215 e. The average Bonchev–Trinajstić information content (AvgIpc) is 2.16. The Bertz CT molecular complexity index is 306. The molecule has 0 aliphatic carbocycles. The third kappa shape index (κ3) is 11.6. The number of nitrogens with zero attached hydrogens (tertiary/aromatic N) is 4. The third-order valence-corrected chi connectivity index (χ3v) is 1.39. The number of nitrogens with one attached hydrogen (secondary N) is 2. The van der Waals surface area contributed by atoms with Crippen LogP contribution in [0.3, 0.4) is 0 Å². The molecule has 0 aliphatic heterocycles. The van der Waals surface area contributed by atoms with E-state index in [9.17, 15) is 0 Å². The Kier molecular flexibility index (Phi) is 8.55. The molecule has 104 valence electrons. The van der Waals surface area contributed by atoms with Crippen molar-refractivity contribution in [3.8, 4) is 0 Å². The Balaban J connectivity index is 0. The van der Waals surface area contributed by atoms with Gasteiger partial charge in [-0.1, -0.05) is 0 Å². The van der Waals surface area contributed by atoms with E-state index in [1.54, 1.807) is 38.0 Å². The van der Waals surface area contributed by atoms with Gasteiger partial charge in [-0.3, -0.25) is 10.8 Å². The molecule has 0 saturated heterocycles. The smallest absolute Gasteiger partial charge is 0.215 e. The molecule has 0 amide bonds. The highest BCUT2D eigenvalue weighted by Crippen LogP contribution is 1.73. The maximum absolute atomic E-state index is 6.70. The lowest BCUT2D eigenvalue weighted by atomic mass is 10.8. The molecule has 0 aromatic heterocycles. The third-order valence-electron chi connectivity index (χ3n) is 1.39. The van der Waals surface area contributed by atoms with Crippen molar-refractivity contribution in [3.63, 3.8) is 0 Å². The van der Waals surface area contributed by atoms with Gasteiger partial charge >= 0.3 is 0 Å². The summed E-state index contributed by atoms with van der Waals surface area (Å²) in [5, 5.41) is 13.4. The van der Waals surface area contributed by atoms with Crippen LogP contribution in [0, 0.1) is 10.8 Å². The second-order valence-electron chi connectivity index (χ2n) is 3.50. The first kappa shape index (κ1) is 17.9. The Morgan fingerprint density at radius 2 is 0.944 bits per heavy atom. The van der Waals surface area contributed by atoms with Gasteiger partial charge < -0.3 is 32.7 Å². The fourth-order valence-corrected chi connectivity index (χ4v) is 0.447. The van der Waals surface area contributed by atoms with Crippen LogP contribution in [0.1, 0.15) is 0 Å². The van der Waals surface area contributed by atoms with Gasteiger partial charge in [0.15, 0.2) is 11.9 Å². The highest BCUT2D eigenvalue weighted by Gasteiger charge is 1.92. The van der Waals surface area contributed by atoms with Crippen LogP contribution in [0.4, 0.5) is 0 Å². The molecule has 0 bridgehead atoms. The van der Waals surface area contributed by atoms with Crippen molar-refractivity contribution in [2.45, 2.75) is 0 Å². The minimum Gasteiger partial charge on any atom is -0.369 e. The van der Waals surface area contributed by atoms with E-state index in [4.69, 9.17) is 33.8 Å². The van der Waals surface area contributed by atoms with E-state index in [-0.39, 0.29) is 23.8 Å². The number of rotatable bonds is 0. The molecule has 10 N–H and O–H groups in total. The average molecular weight is 258 g/mol. The van der Waals surface area contributed by atoms with Crippen molar-refractivity contribution >= 4 is 23.8 Å². The number of nitrogens with two attached hydrogens (primary N) is 4. The van der Waals surface area contributed by atoms with Gasteiger partial charge in [0.05, 0.1) is 0 Å². The first-order valence-electron chi connectivity index (χ1n) is 4.79. The normalized spacial score (nSPS) is 11.1. The summed E-state index contributed by atoms with van der Waals surface area (Å²) in [7, 11) is 6.90. The van der Waals surface area contributed by atoms with Crippen LogP contribution in [0.15, 0.2) is 9.98 Å². The van der Waals surface area contributed by atoms with Crippen molar-refractivity contribution in [2.24, 2.45) is 32.9 Å². The lowest BCUT2D eigenvalue weighted by Crippen LogP contribution is -2.32. The Hall–Kier alpha value is -2.52. The monoisotopic (exact) mass is 258 g/mol. The van der Waals surface area contributed by atoms with E-state index in [0.717, 1.165) is 0 Å². The van der Waals surface area contributed by atoms with E-state index in [1.165, 1.54) is 0 Å². The number of guanidine groups is 4. The first-order valence-corrected chi connectivity index (χ1v) is 4.79. The van der Waals surface area contributed by atoms with Crippen LogP contribution >= 0.6 is 0 Å². The molecule has 0 unspecified atom stereocenters. The van der Waals surface area contributed by atoms with Crippen LogP contribution < -0.4 is 22.9 Å². The summed E-state index contributed by atoms with van der Waals surface area (Å²) < 4.78 is 0. The standard InChI is InChI=1S/2C4H11N5/c2*1-9(2)4(7)8-3(5)6/h2*1-2H3,(H5,5,6,7,8). The number of hydrogen-bond donors (Lipinski definition) is 6. The van der Waals surface area contributed by atoms with E-state index >= 15 is 0 Å². The second-order valence-corrected chi connectivity index (χ2v) is 3.50. The molecule has 18 heavy (non-hydrogen) atoms. The quantitative estimate of drug-likeness (QED) is 0.206. The molecule has 0 heterocycles. The van der Waals surface area contributed by atoms with Gasteiger partial charge in [-0.25, -0.2) is 0 Å². The summed E-state index contributed by atoms with van der Waals surface area (Å²) in [5.74, 6) is -0.0765. The summed E-state index contributed by atoms with van der Waals surface area (Å²) in [4.78, 5) is 10.1. The van der Waals surface area contributed by atoms with Crippen molar-refractivity contribution < 1.29 is 0 Å². The largest absolute Gasteiger partial charge is 0.369 e. The molecule has 0 radical (unpaired) electrons. The van der Waals surface area contributed by atoms with Crippen molar-refractivity contribution in [1.82, 2.24) is 9.80 Å². The molecule has 10 nitrogen and oxygen atoms in total. The molecule has 0 spiro atoms. The van der Waals surface area contributed by atoms with E-state index in [1.807, 2.05) is 0 Å². The zero-order valence-corrected chi connectivity index (χ0v) is 11.1. The molecule has 0 aromatic rings. The van der Waals surface area contributed by atoms with Crippen molar-refractivity contribution in [2.75, 3.05) is 28.2 Å². The van der Waals surface area contributed by atoms with E-state index in [0.29, 0.717) is 0 Å². The summed E-state index contributed by atoms with van der Waals surface area (Å²) in [6.07, 6.45) is 0. The highest BCUT2D eigenvalue weighted by molar-refractivity contribution is 5.91. The predicted molar refractivity (Wildman–Crippen MR) is 74.4 cm³/mol. The minimum absolute atomic E-state index is 0.238. The topological polar surface area (TPSA) is 183 Å². The zero-order valence-electron chi connectivity index (χ0n) is 11.1. The number of aliphatic imine (C=N–C) groups is 2. The first-order chi connectivity index (χ1) is 8.07. The Labute approximate surface area is 106 Å². The number of hydrogen-bond acceptors (Lipinski definition) is 2. The predicted octanol–water partition coefficient (Wildman–Crippen LogP) is -2.49. The SMILES string of the molecule is CN(C)/C(N)=N/C(=N)N.CN(C)/C(N)=N/C(=N)N. The molecule has 0 aliphatic rings. The van der Waals surface area contributed by atoms with Gasteiger partial charge in [-0.15, -0.1) is 0 Å². The van der Waals surface area contributed by atoms with Gasteiger partial charge in [0.25, 0.3) is 0 Å². The molecular formula is C8H22N10. The molecule has 0 aromatic carbocycles. The molecule has 0 saturated carbocycles. The minimum atomic E-state index is -0.277. The van der Waals surface area contributed by atoms with Crippen LogP contribution in [0.5, 0.6) is 0 Å². The van der Waals surface area contributed by atoms with Gasteiger partial charge in [0.1, 0.15) is 0 Å². The van der Waals surface area contributed by atoms with Crippen LogP contribution in [0.25, 0.3) is 0 Å². The summed E-state index contributed by atoms with van der Waals surface area (Å²) >= 11 is 0. The van der Waals surface area contributed by atoms with E-state index < -0.39 is 0 Å². The zero-order chi connectivity index (χ0) is 14.9. The summed E-state index contributed by atoms with van der Waals surface area (Å²) in [6.45, 7) is 0. The summed E-state index contributed by atoms with van der Waals surface area (Å²) in [5.41, 5.74) is 20.4. The second kappa shape index (κ2) is 8.61. The van der Waals surface area contributed by atoms with Gasteiger partial charge in [-0.05, 0) is 0 Å². The van der Waals surface area contributed by atoms with Gasteiger partial charge in [-0.2, -0.15) is 9.98 Å². The lowest BCUT2D eigenvalue weighted by molar-refractivity contribution is 0.615. The van der Waals surface area contributed by atoms with Crippen LogP contribution in [-0.4, -0.2) is 61.8 Å². The van der Waals surface area contributed by atoms with Crippen molar-refractivity contribution in [3.05, 3.63) is 0 Å².